The molecule has 0 bridgehead atoms. The minimum Gasteiger partial charge on any atom is -0.426 e. The fraction of sp³-hybridized carbons (Fsp3) is 0.371. The maximum Gasteiger partial charge on any atom is 0.491 e. The lowest BCUT2D eigenvalue weighted by atomic mass is 10.1. The van der Waals surface area contributed by atoms with Crippen molar-refractivity contribution >= 4 is 166 Å². The molecule has 0 N–H and O–H groups in total. The zero-order valence-corrected chi connectivity index (χ0v) is 79.0. The molecule has 6 aliphatic heterocycles. The van der Waals surface area contributed by atoms with E-state index in [-0.39, 0.29) is 69.0 Å². The summed E-state index contributed by atoms with van der Waals surface area (Å²) in [6, 6.07) is 70.7. The summed E-state index contributed by atoms with van der Waals surface area (Å²) >= 11 is 0. The van der Waals surface area contributed by atoms with Gasteiger partial charge in [-0.2, -0.15) is 26.3 Å². The monoisotopic (exact) mass is 1870 g/mol. The van der Waals surface area contributed by atoms with Crippen LogP contribution in [0.25, 0.3) is 64.6 Å². The van der Waals surface area contributed by atoms with E-state index in [0.29, 0.717) is 90.2 Å². The average Bonchev–Trinajstić information content (AvgIpc) is 1.29. The second-order valence-electron chi connectivity index (χ2n) is 32.9. The van der Waals surface area contributed by atoms with Crippen LogP contribution in [0.3, 0.4) is 0 Å². The molecule has 0 unspecified atom stereocenters. The van der Waals surface area contributed by atoms with Gasteiger partial charge in [-0.3, -0.25) is 19.2 Å². The minimum atomic E-state index is -5.00. The number of esters is 6. The van der Waals surface area contributed by atoms with E-state index in [2.05, 4.69) is 107 Å². The highest BCUT2D eigenvalue weighted by molar-refractivity contribution is 7.98. The van der Waals surface area contributed by atoms with Gasteiger partial charge in [-0.05, 0) is 206 Å². The Hall–Kier alpha value is -9.30. The van der Waals surface area contributed by atoms with Gasteiger partial charge >= 0.3 is 48.2 Å². The van der Waals surface area contributed by atoms with Crippen LogP contribution in [0.4, 0.5) is 26.3 Å². The van der Waals surface area contributed by atoms with Gasteiger partial charge in [0.15, 0.2) is 29.4 Å². The lowest BCUT2D eigenvalue weighted by Crippen LogP contribution is -2.28. The third-order valence-corrected chi connectivity index (χ3v) is 38.4. The number of carbonyl (C=O) groups is 6. The van der Waals surface area contributed by atoms with E-state index >= 15 is 0 Å². The van der Waals surface area contributed by atoms with E-state index < -0.39 is 24.3 Å². The smallest absolute Gasteiger partial charge is 0.426 e. The zero-order valence-electron chi connectivity index (χ0n) is 74.1. The Labute approximate surface area is 769 Å². The molecule has 6 saturated heterocycles. The number of alkyl halides is 6. The van der Waals surface area contributed by atoms with Gasteiger partial charge in [0.2, 0.25) is 0 Å². The van der Waals surface area contributed by atoms with E-state index in [9.17, 15) is 55.1 Å². The molecule has 129 heavy (non-hydrogen) atoms. The summed E-state index contributed by atoms with van der Waals surface area (Å²) in [7, 11) is 1.69. The topological polar surface area (TPSA) is 158 Å². The van der Waals surface area contributed by atoms with Gasteiger partial charge in [0.25, 0.3) is 0 Å². The average molecular weight is 1870 g/mol. The molecule has 24 heteroatoms. The van der Waals surface area contributed by atoms with Crippen molar-refractivity contribution in [2.24, 2.45) is 11.8 Å². The number of halogens is 6. The van der Waals surface area contributed by atoms with Crippen LogP contribution in [0.2, 0.25) is 0 Å². The molecular weight excluding hydrogens is 1760 g/mol. The molecule has 678 valence electrons. The summed E-state index contributed by atoms with van der Waals surface area (Å²) in [6.45, 7) is 11.1. The number of carbonyl (C=O) groups excluding carboxylic acids is 6. The fourth-order valence-corrected chi connectivity index (χ4v) is 31.4. The van der Waals surface area contributed by atoms with Gasteiger partial charge in [0, 0.05) is 143 Å². The molecular formula is C105H114F6O12S6+6. The lowest BCUT2D eigenvalue weighted by molar-refractivity contribution is -0.189. The molecule has 0 atom stereocenters. The van der Waals surface area contributed by atoms with Crippen molar-refractivity contribution < 1.29 is 83.5 Å². The van der Waals surface area contributed by atoms with Gasteiger partial charge in [-0.1, -0.05) is 151 Å². The molecule has 0 spiro atoms. The van der Waals surface area contributed by atoms with Crippen LogP contribution in [0.15, 0.2) is 248 Å². The van der Waals surface area contributed by atoms with E-state index in [1.807, 2.05) is 120 Å². The van der Waals surface area contributed by atoms with Gasteiger partial charge in [-0.25, -0.2) is 9.59 Å². The Bertz CT molecular complexity index is 5880. The molecule has 0 amide bonds. The highest BCUT2D eigenvalue weighted by Gasteiger charge is 2.44. The van der Waals surface area contributed by atoms with Crippen LogP contribution in [0.5, 0.6) is 34.5 Å². The number of benzene rings is 12. The zero-order chi connectivity index (χ0) is 91.1. The minimum absolute atomic E-state index is 0.0349. The van der Waals surface area contributed by atoms with Crippen molar-refractivity contribution in [3.8, 4) is 34.5 Å². The highest BCUT2D eigenvalue weighted by atomic mass is 32.2. The summed E-state index contributed by atoms with van der Waals surface area (Å²) < 4.78 is 106. The Morgan fingerprint density at radius 1 is 0.240 bits per heavy atom. The third-order valence-electron chi connectivity index (χ3n) is 23.1. The Morgan fingerprint density at radius 3 is 0.574 bits per heavy atom. The molecule has 0 aliphatic carbocycles. The first-order valence-electron chi connectivity index (χ1n) is 44.9. The van der Waals surface area contributed by atoms with E-state index in [4.69, 9.17) is 18.9 Å². The molecule has 18 rings (SSSR count). The standard InChI is InChI=1S/C19H23O2S.2C18H21O2S.C17H16F3O2S.C17H19O2S.C16H14F3O2S/c1-14(2)19(20)21-17-10-11-18(22-12-6-3-7-13-22)16-9-5-4-8-15(16)17;1-13(2)18(19)20-16-9-10-17(21-11-5-6-12-21)15-8-4-3-7-14(15)16;1-2-18(19)20-16-10-11-17(21-12-6-3-7-13-21)15-9-5-4-8-14(15)16;18-17(19,20)16(21)22-14-8-9-15(23-10-4-1-5-11-23)13-7-3-2-6-12(13)14;1-2-17(18)19-15-9-10-16(20-11-5-6-12-20)14-8-4-3-7-13(14)15;17-16(18,19)15(20)21-13-7-8-14(22-9-3-4-10-22)12-6-2-1-5-11(12)13/h4-5,8-11,14H,3,6-7,12-13H2,1-2H3;3-4,7-10,13H,5-6,11-12H2,1-2H3;4-5,8-11H,2-3,6-7,12-13H2,1H3;2-3,6-9H,1,4-5,10-11H2;3-4,7-10H,2,5-6,11-12H2,1H3;1-2,5-8H,3-4,9-10H2/q6*+1. The summed E-state index contributed by atoms with van der Waals surface area (Å²) in [5.41, 5.74) is 0. The molecule has 12 aromatic carbocycles. The first-order chi connectivity index (χ1) is 62.3. The second kappa shape index (κ2) is 46.7. The van der Waals surface area contributed by atoms with Crippen LogP contribution >= 0.6 is 0 Å². The van der Waals surface area contributed by atoms with Gasteiger partial charge in [0.1, 0.15) is 104 Å². The normalized spacial score (nSPS) is 16.0. The molecule has 0 aromatic heterocycles. The molecule has 0 radical (unpaired) electrons. The summed E-state index contributed by atoms with van der Waals surface area (Å²) in [4.78, 5) is 77.2. The summed E-state index contributed by atoms with van der Waals surface area (Å²) in [5.74, 6) is 12.3. The first-order valence-corrected chi connectivity index (χ1v) is 54.3. The molecule has 12 nitrogen and oxygen atoms in total. The van der Waals surface area contributed by atoms with Crippen LogP contribution in [0, 0.1) is 11.8 Å². The second-order valence-corrected chi connectivity index (χ2v) is 46.4. The largest absolute Gasteiger partial charge is 0.491 e. The van der Waals surface area contributed by atoms with E-state index in [1.54, 1.807) is 30.3 Å². The number of ether oxygens (including phenoxy) is 6. The molecule has 6 fully saturated rings. The van der Waals surface area contributed by atoms with Crippen molar-refractivity contribution in [2.45, 2.75) is 192 Å². The van der Waals surface area contributed by atoms with Crippen LogP contribution in [-0.4, -0.2) is 117 Å². The Morgan fingerprint density at radius 2 is 0.403 bits per heavy atom. The lowest BCUT2D eigenvalue weighted by Gasteiger charge is -2.16. The Kier molecular flexibility index (Phi) is 35.2. The highest BCUT2D eigenvalue weighted by Crippen LogP contribution is 2.43. The van der Waals surface area contributed by atoms with Crippen molar-refractivity contribution in [1.29, 1.82) is 0 Å². The summed E-state index contributed by atoms with van der Waals surface area (Å²) in [6.07, 6.45) is 10.2. The fourth-order valence-electron chi connectivity index (χ4n) is 16.4. The van der Waals surface area contributed by atoms with Crippen LogP contribution in [-0.2, 0) is 94.1 Å². The molecule has 12 aromatic rings. The SMILES string of the molecule is CC(C)C(=O)Oc1ccc([S+]2CCCC2)c2ccccc12.CC(C)C(=O)Oc1ccc([S+]2CCCCC2)c2ccccc12.CCC(=O)Oc1ccc([S+]2CCCC2)c2ccccc12.CCC(=O)Oc1ccc([S+]2CCCCC2)c2ccccc12.O=C(Oc1ccc([S+]2CCCC2)c2ccccc12)C(F)(F)F.O=C(Oc1ccc([S+]2CCCCC2)c2ccccc12)C(F)(F)F. The number of hydrogen-bond donors (Lipinski definition) is 0. The quantitative estimate of drug-likeness (QED) is 0.0391. The maximum absolute atomic E-state index is 12.4. The van der Waals surface area contributed by atoms with E-state index in [0.717, 1.165) is 65.1 Å². The first kappa shape index (κ1) is 97.2. The third kappa shape index (κ3) is 25.5. The summed E-state index contributed by atoms with van der Waals surface area (Å²) in [5, 5.41) is 12.1. The number of hydrogen-bond acceptors (Lipinski definition) is 12. The molecule has 0 saturated carbocycles. The molecule has 6 aliphatic rings. The van der Waals surface area contributed by atoms with Crippen molar-refractivity contribution in [3.05, 3.63) is 218 Å². The van der Waals surface area contributed by atoms with Gasteiger partial charge in [0.05, 0.1) is 11.8 Å². The predicted octanol–water partition coefficient (Wildman–Crippen LogP) is 25.5. The van der Waals surface area contributed by atoms with Gasteiger partial charge in [-0.15, -0.1) is 0 Å². The van der Waals surface area contributed by atoms with Crippen LogP contribution < -0.4 is 28.4 Å². The van der Waals surface area contributed by atoms with Gasteiger partial charge < -0.3 is 28.4 Å². The van der Waals surface area contributed by atoms with Crippen LogP contribution in [0.1, 0.15) is 151 Å². The molecule has 6 heterocycles. The number of rotatable bonds is 16. The van der Waals surface area contributed by atoms with Crippen molar-refractivity contribution in [2.75, 3.05) is 69.0 Å². The Balaban J connectivity index is 0.000000132. The van der Waals surface area contributed by atoms with E-state index in [1.165, 1.54) is 196 Å². The van der Waals surface area contributed by atoms with Crippen molar-refractivity contribution in [1.82, 2.24) is 0 Å². The predicted molar refractivity (Wildman–Crippen MR) is 521 cm³/mol. The maximum atomic E-state index is 12.4. The number of fused-ring (bicyclic) bond motifs is 6. The van der Waals surface area contributed by atoms with Crippen molar-refractivity contribution in [3.63, 3.8) is 0 Å².